The van der Waals surface area contributed by atoms with Crippen LogP contribution >= 0.6 is 0 Å². The van der Waals surface area contributed by atoms with Crippen molar-refractivity contribution in [2.24, 2.45) is 0 Å². The molecular formula is C21H28N2O2. The Labute approximate surface area is 150 Å². The molecule has 1 saturated heterocycles. The van der Waals surface area contributed by atoms with Crippen LogP contribution in [0.3, 0.4) is 0 Å². The quantitative estimate of drug-likeness (QED) is 0.894. The lowest BCUT2D eigenvalue weighted by Crippen LogP contribution is -2.39. The third-order valence-electron chi connectivity index (χ3n) is 4.62. The first-order chi connectivity index (χ1) is 11.8. The Bertz CT molecular complexity index is 746. The van der Waals surface area contributed by atoms with Crippen molar-refractivity contribution in [2.45, 2.75) is 51.8 Å². The number of carbonyl (C=O) groups excluding carboxylic acids is 1. The minimum Gasteiger partial charge on any atom is -0.444 e. The van der Waals surface area contributed by atoms with Gasteiger partial charge >= 0.3 is 6.09 Å². The van der Waals surface area contributed by atoms with Gasteiger partial charge in [-0.15, -0.1) is 0 Å². The molecule has 2 aromatic rings. The Balaban J connectivity index is 1.64. The van der Waals surface area contributed by atoms with Gasteiger partial charge in [-0.05, 0) is 50.5 Å². The summed E-state index contributed by atoms with van der Waals surface area (Å²) in [6, 6.07) is 15.4. The van der Waals surface area contributed by atoms with Crippen LogP contribution in [0.5, 0.6) is 0 Å². The highest BCUT2D eigenvalue weighted by atomic mass is 16.6. The molecule has 4 nitrogen and oxygen atoms in total. The molecule has 0 aromatic heterocycles. The maximum atomic E-state index is 12.2. The summed E-state index contributed by atoms with van der Waals surface area (Å²) in [5.74, 6) is 0. The Morgan fingerprint density at radius 2 is 1.92 bits per heavy atom. The van der Waals surface area contributed by atoms with Crippen LogP contribution in [0.25, 0.3) is 10.8 Å². The molecule has 3 rings (SSSR count). The fourth-order valence-corrected chi connectivity index (χ4v) is 3.46. The zero-order chi connectivity index (χ0) is 18.0. The molecule has 0 bridgehead atoms. The zero-order valence-electron chi connectivity index (χ0n) is 15.6. The molecule has 2 aromatic carbocycles. The summed E-state index contributed by atoms with van der Waals surface area (Å²) in [4.78, 5) is 14.0. The van der Waals surface area contributed by atoms with Gasteiger partial charge in [-0.25, -0.2) is 4.79 Å². The van der Waals surface area contributed by atoms with E-state index in [9.17, 15) is 4.79 Å². The van der Waals surface area contributed by atoms with Gasteiger partial charge in [0.1, 0.15) is 5.60 Å². The van der Waals surface area contributed by atoms with Crippen LogP contribution in [0.2, 0.25) is 0 Å². The summed E-state index contributed by atoms with van der Waals surface area (Å²) >= 11 is 0. The van der Waals surface area contributed by atoms with Crippen molar-refractivity contribution >= 4 is 16.9 Å². The largest absolute Gasteiger partial charge is 0.444 e. The fourth-order valence-electron chi connectivity index (χ4n) is 3.46. The van der Waals surface area contributed by atoms with E-state index in [-0.39, 0.29) is 12.1 Å². The van der Waals surface area contributed by atoms with Crippen LogP contribution in [0.1, 0.15) is 45.7 Å². The molecule has 134 valence electrons. The first-order valence-electron chi connectivity index (χ1n) is 9.05. The van der Waals surface area contributed by atoms with Crippen LogP contribution in [-0.4, -0.2) is 35.7 Å². The van der Waals surface area contributed by atoms with Gasteiger partial charge in [0.2, 0.25) is 0 Å². The van der Waals surface area contributed by atoms with Crippen LogP contribution in [-0.2, 0) is 4.74 Å². The monoisotopic (exact) mass is 340 g/mol. The summed E-state index contributed by atoms with van der Waals surface area (Å²) in [5.41, 5.74) is 0.854. The molecular weight excluding hydrogens is 312 g/mol. The molecule has 0 saturated carbocycles. The van der Waals surface area contributed by atoms with Gasteiger partial charge in [0.15, 0.2) is 0 Å². The normalized spacial score (nSPS) is 19.2. The highest BCUT2D eigenvalue weighted by molar-refractivity contribution is 5.86. The fraction of sp³-hybridized carbons (Fsp3) is 0.476. The molecule has 1 aliphatic heterocycles. The standard InChI is InChI=1S/C21H28N2O2/c1-15(18-11-7-9-16-8-5-6-10-19(16)18)22-17-12-13-23(14-17)20(24)25-21(2,3)4/h5-11,15,17,22H,12-14H2,1-4H3/t15-,17+/m0/s1. The second-order valence-corrected chi connectivity index (χ2v) is 7.87. The number of likely N-dealkylation sites (tertiary alicyclic amines) is 1. The molecule has 2 atom stereocenters. The Morgan fingerprint density at radius 1 is 1.20 bits per heavy atom. The predicted octanol–water partition coefficient (Wildman–Crippen LogP) is 4.50. The Morgan fingerprint density at radius 3 is 2.68 bits per heavy atom. The molecule has 25 heavy (non-hydrogen) atoms. The van der Waals surface area contributed by atoms with Crippen molar-refractivity contribution < 1.29 is 9.53 Å². The lowest BCUT2D eigenvalue weighted by molar-refractivity contribution is 0.0290. The SMILES string of the molecule is C[C@H](N[C@@H]1CCN(C(=O)OC(C)(C)C)C1)c1cccc2ccccc12. The number of nitrogens with one attached hydrogen (secondary N) is 1. The highest BCUT2D eigenvalue weighted by Gasteiger charge is 2.30. The summed E-state index contributed by atoms with van der Waals surface area (Å²) in [5, 5.41) is 6.23. The van der Waals surface area contributed by atoms with Gasteiger partial charge in [0.05, 0.1) is 0 Å². The number of amides is 1. The minimum atomic E-state index is -0.446. The van der Waals surface area contributed by atoms with Crippen LogP contribution in [0.4, 0.5) is 4.79 Å². The zero-order valence-corrected chi connectivity index (χ0v) is 15.6. The number of rotatable bonds is 3. The number of ether oxygens (including phenoxy) is 1. The minimum absolute atomic E-state index is 0.213. The first-order valence-corrected chi connectivity index (χ1v) is 9.05. The number of hydrogen-bond donors (Lipinski definition) is 1. The summed E-state index contributed by atoms with van der Waals surface area (Å²) < 4.78 is 5.48. The molecule has 0 aliphatic carbocycles. The van der Waals surface area contributed by atoms with E-state index >= 15 is 0 Å². The third kappa shape index (κ3) is 4.31. The lowest BCUT2D eigenvalue weighted by Gasteiger charge is -2.25. The number of nitrogens with zero attached hydrogens (tertiary/aromatic N) is 1. The number of carbonyl (C=O) groups is 1. The van der Waals surface area contributed by atoms with E-state index < -0.39 is 5.60 Å². The molecule has 1 amide bonds. The van der Waals surface area contributed by atoms with E-state index in [1.807, 2.05) is 20.8 Å². The molecule has 0 unspecified atom stereocenters. The number of fused-ring (bicyclic) bond motifs is 1. The van der Waals surface area contributed by atoms with E-state index in [2.05, 4.69) is 54.7 Å². The van der Waals surface area contributed by atoms with Crippen molar-refractivity contribution in [3.05, 3.63) is 48.0 Å². The van der Waals surface area contributed by atoms with Gasteiger partial charge < -0.3 is 15.0 Å². The second kappa shape index (κ2) is 7.04. The number of benzene rings is 2. The average Bonchev–Trinajstić information content (AvgIpc) is 3.01. The maximum absolute atomic E-state index is 12.2. The van der Waals surface area contributed by atoms with Crippen LogP contribution < -0.4 is 5.32 Å². The molecule has 0 radical (unpaired) electrons. The van der Waals surface area contributed by atoms with Crippen LogP contribution in [0, 0.1) is 0 Å². The molecule has 1 aliphatic rings. The Hall–Kier alpha value is -2.07. The predicted molar refractivity (Wildman–Crippen MR) is 102 cm³/mol. The van der Waals surface area contributed by atoms with E-state index in [1.165, 1.54) is 16.3 Å². The van der Waals surface area contributed by atoms with E-state index in [0.717, 1.165) is 13.0 Å². The molecule has 1 N–H and O–H groups in total. The van der Waals surface area contributed by atoms with Gasteiger partial charge in [0.25, 0.3) is 0 Å². The maximum Gasteiger partial charge on any atom is 0.410 e. The second-order valence-electron chi connectivity index (χ2n) is 7.87. The van der Waals surface area contributed by atoms with E-state index in [4.69, 9.17) is 4.74 Å². The lowest BCUT2D eigenvalue weighted by atomic mass is 9.99. The van der Waals surface area contributed by atoms with Gasteiger partial charge in [-0.1, -0.05) is 42.5 Å². The van der Waals surface area contributed by atoms with Gasteiger partial charge in [-0.3, -0.25) is 0 Å². The van der Waals surface area contributed by atoms with Crippen molar-refractivity contribution in [1.82, 2.24) is 10.2 Å². The van der Waals surface area contributed by atoms with Gasteiger partial charge in [-0.2, -0.15) is 0 Å². The topological polar surface area (TPSA) is 41.6 Å². The molecule has 4 heteroatoms. The molecule has 0 spiro atoms. The summed E-state index contributed by atoms with van der Waals surface area (Å²) in [6.45, 7) is 9.34. The van der Waals surface area contributed by atoms with E-state index in [0.29, 0.717) is 12.6 Å². The van der Waals surface area contributed by atoms with E-state index in [1.54, 1.807) is 4.90 Å². The Kier molecular flexibility index (Phi) is 5.00. The molecule has 1 heterocycles. The number of hydrogen-bond acceptors (Lipinski definition) is 3. The smallest absolute Gasteiger partial charge is 0.410 e. The third-order valence-corrected chi connectivity index (χ3v) is 4.62. The van der Waals surface area contributed by atoms with Crippen molar-refractivity contribution in [3.63, 3.8) is 0 Å². The molecule has 1 fully saturated rings. The van der Waals surface area contributed by atoms with Crippen molar-refractivity contribution in [3.8, 4) is 0 Å². The summed E-state index contributed by atoms with van der Waals surface area (Å²) in [7, 11) is 0. The van der Waals surface area contributed by atoms with Gasteiger partial charge in [0, 0.05) is 25.2 Å². The highest BCUT2D eigenvalue weighted by Crippen LogP contribution is 2.25. The first kappa shape index (κ1) is 17.7. The van der Waals surface area contributed by atoms with Crippen LogP contribution in [0.15, 0.2) is 42.5 Å². The average molecular weight is 340 g/mol. The van der Waals surface area contributed by atoms with Crippen molar-refractivity contribution in [2.75, 3.05) is 13.1 Å². The van der Waals surface area contributed by atoms with Crippen molar-refractivity contribution in [1.29, 1.82) is 0 Å². The summed E-state index contributed by atoms with van der Waals surface area (Å²) in [6.07, 6.45) is 0.739.